The van der Waals surface area contributed by atoms with Crippen LogP contribution in [0.25, 0.3) is 0 Å². The van der Waals surface area contributed by atoms with Crippen molar-refractivity contribution in [3.8, 4) is 5.75 Å². The molecular weight excluding hydrogens is 438 g/mol. The third kappa shape index (κ3) is 5.16. The standard InChI is InChI=1S/C19H20ClNO6S2/c1-26-14-2-4-15(5-3-14)29(24,25)21-10-8-13(9-11-21)19(23)27-12-16(22)17-6-7-18(20)28-17/h2-7,13H,8-12H2,1H3. The SMILES string of the molecule is COc1ccc(S(=O)(=O)N2CCC(C(=O)OCC(=O)c3ccc(Cl)s3)CC2)cc1. The van der Waals surface area contributed by atoms with Gasteiger partial charge in [-0.25, -0.2) is 8.42 Å². The van der Waals surface area contributed by atoms with E-state index in [9.17, 15) is 18.0 Å². The zero-order valence-corrected chi connectivity index (χ0v) is 18.1. The third-order valence-electron chi connectivity index (χ3n) is 4.68. The monoisotopic (exact) mass is 457 g/mol. The molecule has 2 heterocycles. The number of nitrogens with zero attached hydrogens (tertiary/aromatic N) is 1. The van der Waals surface area contributed by atoms with E-state index in [0.717, 1.165) is 11.3 Å². The van der Waals surface area contributed by atoms with Crippen LogP contribution in [0, 0.1) is 5.92 Å². The van der Waals surface area contributed by atoms with Crippen molar-refractivity contribution in [2.45, 2.75) is 17.7 Å². The number of hydrogen-bond acceptors (Lipinski definition) is 7. The van der Waals surface area contributed by atoms with Crippen LogP contribution >= 0.6 is 22.9 Å². The van der Waals surface area contributed by atoms with E-state index in [-0.39, 0.29) is 30.4 Å². The number of esters is 1. The molecule has 10 heteroatoms. The van der Waals surface area contributed by atoms with Gasteiger partial charge in [-0.3, -0.25) is 9.59 Å². The van der Waals surface area contributed by atoms with Crippen molar-refractivity contribution in [1.82, 2.24) is 4.31 Å². The summed E-state index contributed by atoms with van der Waals surface area (Å²) >= 11 is 6.93. The van der Waals surface area contributed by atoms with Gasteiger partial charge in [0.1, 0.15) is 5.75 Å². The van der Waals surface area contributed by atoms with Gasteiger partial charge in [0.25, 0.3) is 0 Å². The molecule has 1 aliphatic rings. The molecule has 0 atom stereocenters. The van der Waals surface area contributed by atoms with Gasteiger partial charge in [0, 0.05) is 13.1 Å². The fourth-order valence-electron chi connectivity index (χ4n) is 3.02. The first-order valence-corrected chi connectivity index (χ1v) is 11.5. The first-order chi connectivity index (χ1) is 13.8. The van der Waals surface area contributed by atoms with E-state index in [1.165, 1.54) is 23.5 Å². The van der Waals surface area contributed by atoms with Gasteiger partial charge in [-0.15, -0.1) is 11.3 Å². The van der Waals surface area contributed by atoms with Crippen LogP contribution in [0.3, 0.4) is 0 Å². The first kappa shape index (κ1) is 21.8. The van der Waals surface area contributed by atoms with Crippen LogP contribution in [0.15, 0.2) is 41.3 Å². The molecule has 1 fully saturated rings. The predicted molar refractivity (Wildman–Crippen MR) is 109 cm³/mol. The number of sulfonamides is 1. The summed E-state index contributed by atoms with van der Waals surface area (Å²) in [5, 5.41) is 0. The Morgan fingerprint density at radius 3 is 2.34 bits per heavy atom. The van der Waals surface area contributed by atoms with Crippen LogP contribution < -0.4 is 4.74 Å². The summed E-state index contributed by atoms with van der Waals surface area (Å²) in [5.41, 5.74) is 0. The molecule has 1 aliphatic heterocycles. The highest BCUT2D eigenvalue weighted by Crippen LogP contribution is 2.26. The van der Waals surface area contributed by atoms with Gasteiger partial charge in [0.2, 0.25) is 15.8 Å². The summed E-state index contributed by atoms with van der Waals surface area (Å²) in [5.74, 6) is -0.654. The van der Waals surface area contributed by atoms with Crippen LogP contribution in [0.5, 0.6) is 5.75 Å². The van der Waals surface area contributed by atoms with Gasteiger partial charge in [-0.05, 0) is 49.2 Å². The average Bonchev–Trinajstić information content (AvgIpc) is 3.18. The van der Waals surface area contributed by atoms with Crippen molar-refractivity contribution in [3.63, 3.8) is 0 Å². The summed E-state index contributed by atoms with van der Waals surface area (Å²) < 4.78 is 37.5. The number of benzene rings is 1. The van der Waals surface area contributed by atoms with Crippen molar-refractivity contribution >= 4 is 44.7 Å². The maximum atomic E-state index is 12.8. The van der Waals surface area contributed by atoms with Crippen LogP contribution in [0.1, 0.15) is 22.5 Å². The van der Waals surface area contributed by atoms with Gasteiger partial charge in [0.05, 0.1) is 27.1 Å². The topological polar surface area (TPSA) is 90.0 Å². The highest BCUT2D eigenvalue weighted by atomic mass is 35.5. The Balaban J connectivity index is 1.52. The predicted octanol–water partition coefficient (Wildman–Crippen LogP) is 3.24. The number of hydrogen-bond donors (Lipinski definition) is 0. The van der Waals surface area contributed by atoms with E-state index in [2.05, 4.69) is 0 Å². The van der Waals surface area contributed by atoms with Gasteiger partial charge < -0.3 is 9.47 Å². The van der Waals surface area contributed by atoms with E-state index in [1.54, 1.807) is 24.3 Å². The Morgan fingerprint density at radius 1 is 1.14 bits per heavy atom. The molecule has 0 spiro atoms. The average molecular weight is 458 g/mol. The molecule has 1 saturated heterocycles. The first-order valence-electron chi connectivity index (χ1n) is 8.90. The molecule has 2 aromatic rings. The van der Waals surface area contributed by atoms with Crippen LogP contribution in [0.4, 0.5) is 0 Å². The molecule has 0 aliphatic carbocycles. The fraction of sp³-hybridized carbons (Fsp3) is 0.368. The molecule has 0 bridgehead atoms. The number of ether oxygens (including phenoxy) is 2. The molecular formula is C19H20ClNO6S2. The molecule has 0 N–H and O–H groups in total. The zero-order valence-electron chi connectivity index (χ0n) is 15.7. The molecule has 3 rings (SSSR count). The Labute approximate surface area is 178 Å². The lowest BCUT2D eigenvalue weighted by Gasteiger charge is -2.30. The van der Waals surface area contributed by atoms with Crippen LogP contribution in [0.2, 0.25) is 4.34 Å². The number of ketones is 1. The molecule has 1 aromatic carbocycles. The third-order valence-corrected chi connectivity index (χ3v) is 7.86. The lowest BCUT2D eigenvalue weighted by molar-refractivity contribution is -0.148. The van der Waals surface area contributed by atoms with Crippen molar-refractivity contribution in [2.75, 3.05) is 26.8 Å². The second kappa shape index (κ2) is 9.25. The largest absolute Gasteiger partial charge is 0.497 e. The van der Waals surface area contributed by atoms with E-state index < -0.39 is 21.9 Å². The summed E-state index contributed by atoms with van der Waals surface area (Å²) in [6, 6.07) is 9.38. The highest BCUT2D eigenvalue weighted by Gasteiger charge is 2.33. The van der Waals surface area contributed by atoms with Crippen LogP contribution in [-0.2, 0) is 19.6 Å². The number of thiophene rings is 1. The summed E-state index contributed by atoms with van der Waals surface area (Å²) in [6.07, 6.45) is 0.681. The lowest BCUT2D eigenvalue weighted by atomic mass is 9.98. The van der Waals surface area contributed by atoms with Gasteiger partial charge in [-0.1, -0.05) is 11.6 Å². The van der Waals surface area contributed by atoms with Crippen molar-refractivity contribution in [1.29, 1.82) is 0 Å². The fourth-order valence-corrected chi connectivity index (χ4v) is 5.46. The summed E-state index contributed by atoms with van der Waals surface area (Å²) in [6.45, 7) is 0.0747. The van der Waals surface area contributed by atoms with E-state index in [4.69, 9.17) is 21.1 Å². The number of carbonyl (C=O) groups excluding carboxylic acids is 2. The number of carbonyl (C=O) groups is 2. The Kier molecular flexibility index (Phi) is 6.94. The number of rotatable bonds is 7. The minimum Gasteiger partial charge on any atom is -0.497 e. The zero-order chi connectivity index (χ0) is 21.0. The Morgan fingerprint density at radius 2 is 1.79 bits per heavy atom. The van der Waals surface area contributed by atoms with E-state index in [1.807, 2.05) is 0 Å². The summed E-state index contributed by atoms with van der Waals surface area (Å²) in [4.78, 5) is 24.9. The van der Waals surface area contributed by atoms with Crippen LogP contribution in [-0.4, -0.2) is 51.3 Å². The van der Waals surface area contributed by atoms with Gasteiger partial charge >= 0.3 is 5.97 Å². The van der Waals surface area contributed by atoms with Gasteiger partial charge in [0.15, 0.2) is 6.61 Å². The van der Waals surface area contributed by atoms with E-state index >= 15 is 0 Å². The number of Topliss-reactive ketones (excluding diaryl/α,β-unsaturated/α-hetero) is 1. The number of piperidine rings is 1. The quantitative estimate of drug-likeness (QED) is 0.468. The maximum Gasteiger partial charge on any atom is 0.309 e. The lowest BCUT2D eigenvalue weighted by Crippen LogP contribution is -2.40. The number of halogens is 1. The maximum absolute atomic E-state index is 12.8. The summed E-state index contributed by atoms with van der Waals surface area (Å²) in [7, 11) is -2.12. The molecule has 0 unspecified atom stereocenters. The normalized spacial score (nSPS) is 15.8. The Bertz CT molecular complexity index is 978. The minimum absolute atomic E-state index is 0.180. The Hall–Kier alpha value is -1.94. The second-order valence-corrected chi connectivity index (χ2v) is 10.1. The van der Waals surface area contributed by atoms with E-state index in [0.29, 0.717) is 27.8 Å². The molecule has 1 aromatic heterocycles. The molecule has 0 amide bonds. The smallest absolute Gasteiger partial charge is 0.309 e. The van der Waals surface area contributed by atoms with Gasteiger partial charge in [-0.2, -0.15) is 4.31 Å². The molecule has 7 nitrogen and oxygen atoms in total. The molecule has 156 valence electrons. The number of methoxy groups -OCH3 is 1. The van der Waals surface area contributed by atoms with Crippen molar-refractivity contribution in [2.24, 2.45) is 5.92 Å². The highest BCUT2D eigenvalue weighted by molar-refractivity contribution is 7.89. The molecule has 29 heavy (non-hydrogen) atoms. The molecule has 0 saturated carbocycles. The van der Waals surface area contributed by atoms with Crippen molar-refractivity contribution in [3.05, 3.63) is 45.6 Å². The second-order valence-electron chi connectivity index (χ2n) is 6.49. The molecule has 0 radical (unpaired) electrons. The minimum atomic E-state index is -3.64. The van der Waals surface area contributed by atoms with Crippen molar-refractivity contribution < 1.29 is 27.5 Å².